The number of ether oxygens (including phenoxy) is 1. The van der Waals surface area contributed by atoms with Gasteiger partial charge < -0.3 is 30.5 Å². The molecule has 3 aromatic rings. The van der Waals surface area contributed by atoms with E-state index in [1.165, 1.54) is 0 Å². The number of carbonyl (C=O) groups excluding carboxylic acids is 1. The maximum absolute atomic E-state index is 12.2. The molecule has 4 rings (SSSR count). The van der Waals surface area contributed by atoms with E-state index < -0.39 is 6.04 Å². The van der Waals surface area contributed by atoms with E-state index in [9.17, 15) is 4.79 Å². The zero-order valence-electron chi connectivity index (χ0n) is 21.7. The Morgan fingerprint density at radius 2 is 1.94 bits per heavy atom. The summed E-state index contributed by atoms with van der Waals surface area (Å²) in [6.45, 7) is 6.41. The van der Waals surface area contributed by atoms with Gasteiger partial charge in [0.15, 0.2) is 0 Å². The fourth-order valence-corrected chi connectivity index (χ4v) is 4.42. The SMILES string of the molecule is COc1ccc2c(NCCCN(C)C)cc(-c3ccc(N4CCN(C(=O)C(C)N)CC4)nc3)nc2c1. The van der Waals surface area contributed by atoms with E-state index >= 15 is 0 Å². The summed E-state index contributed by atoms with van der Waals surface area (Å²) < 4.78 is 5.44. The lowest BCUT2D eigenvalue weighted by Gasteiger charge is -2.36. The Kier molecular flexibility index (Phi) is 8.22. The summed E-state index contributed by atoms with van der Waals surface area (Å²) in [5.41, 5.74) is 9.49. The monoisotopic (exact) mass is 491 g/mol. The molecule has 3 N–H and O–H groups in total. The topological polar surface area (TPSA) is 99.9 Å². The number of rotatable bonds is 9. The van der Waals surface area contributed by atoms with Crippen LogP contribution in [0.2, 0.25) is 0 Å². The first-order valence-electron chi connectivity index (χ1n) is 12.5. The van der Waals surface area contributed by atoms with Crippen molar-refractivity contribution in [2.75, 3.05) is 70.7 Å². The van der Waals surface area contributed by atoms with E-state index in [0.717, 1.165) is 72.0 Å². The number of hydrogen-bond acceptors (Lipinski definition) is 8. The summed E-state index contributed by atoms with van der Waals surface area (Å²) in [4.78, 5) is 28.0. The summed E-state index contributed by atoms with van der Waals surface area (Å²) in [6, 6.07) is 11.7. The Bertz CT molecular complexity index is 1170. The molecule has 0 aliphatic carbocycles. The van der Waals surface area contributed by atoms with Crippen LogP contribution in [0.1, 0.15) is 13.3 Å². The fraction of sp³-hybridized carbons (Fsp3) is 0.444. The van der Waals surface area contributed by atoms with Gasteiger partial charge >= 0.3 is 0 Å². The Morgan fingerprint density at radius 3 is 2.58 bits per heavy atom. The maximum atomic E-state index is 12.2. The Hall–Kier alpha value is -3.43. The van der Waals surface area contributed by atoms with Gasteiger partial charge in [0.05, 0.1) is 24.4 Å². The van der Waals surface area contributed by atoms with Gasteiger partial charge in [0, 0.05) is 61.6 Å². The third-order valence-electron chi connectivity index (χ3n) is 6.46. The lowest BCUT2D eigenvalue weighted by atomic mass is 10.1. The number of hydrogen-bond donors (Lipinski definition) is 2. The fourth-order valence-electron chi connectivity index (χ4n) is 4.42. The zero-order chi connectivity index (χ0) is 25.7. The minimum absolute atomic E-state index is 0.00287. The van der Waals surface area contributed by atoms with Crippen LogP contribution < -0.4 is 20.7 Å². The van der Waals surface area contributed by atoms with E-state index in [1.807, 2.05) is 29.3 Å². The predicted molar refractivity (Wildman–Crippen MR) is 146 cm³/mol. The van der Waals surface area contributed by atoms with E-state index in [-0.39, 0.29) is 5.91 Å². The van der Waals surface area contributed by atoms with Crippen molar-refractivity contribution in [3.63, 3.8) is 0 Å². The summed E-state index contributed by atoms with van der Waals surface area (Å²) in [6.07, 6.45) is 2.92. The second-order valence-electron chi connectivity index (χ2n) is 9.53. The number of anilines is 2. The van der Waals surface area contributed by atoms with Crippen LogP contribution in [0, 0.1) is 0 Å². The Morgan fingerprint density at radius 1 is 1.17 bits per heavy atom. The molecule has 1 unspecified atom stereocenters. The molecule has 0 radical (unpaired) electrons. The van der Waals surface area contributed by atoms with Crippen LogP contribution in [0.3, 0.4) is 0 Å². The molecule has 1 aliphatic rings. The van der Waals surface area contributed by atoms with Crippen molar-refractivity contribution >= 4 is 28.3 Å². The molecule has 0 saturated carbocycles. The van der Waals surface area contributed by atoms with Crippen molar-refractivity contribution in [2.24, 2.45) is 5.73 Å². The second kappa shape index (κ2) is 11.5. The van der Waals surface area contributed by atoms with Crippen molar-refractivity contribution < 1.29 is 9.53 Å². The molecule has 1 atom stereocenters. The molecular formula is C27H37N7O2. The van der Waals surface area contributed by atoms with Crippen LogP contribution in [0.4, 0.5) is 11.5 Å². The van der Waals surface area contributed by atoms with E-state index in [0.29, 0.717) is 13.1 Å². The highest BCUT2D eigenvalue weighted by atomic mass is 16.5. The van der Waals surface area contributed by atoms with Crippen LogP contribution in [-0.2, 0) is 4.79 Å². The number of nitrogens with zero attached hydrogens (tertiary/aromatic N) is 5. The van der Waals surface area contributed by atoms with Crippen LogP contribution in [0.15, 0.2) is 42.6 Å². The normalized spacial score (nSPS) is 14.8. The van der Waals surface area contributed by atoms with Crippen LogP contribution in [0.25, 0.3) is 22.2 Å². The lowest BCUT2D eigenvalue weighted by molar-refractivity contribution is -0.132. The quantitative estimate of drug-likeness (QED) is 0.441. The molecular weight excluding hydrogens is 454 g/mol. The summed E-state index contributed by atoms with van der Waals surface area (Å²) in [5, 5.41) is 4.66. The lowest BCUT2D eigenvalue weighted by Crippen LogP contribution is -2.52. The Balaban J connectivity index is 1.53. The van der Waals surface area contributed by atoms with Gasteiger partial charge in [-0.3, -0.25) is 4.79 Å². The van der Waals surface area contributed by atoms with E-state index in [4.69, 9.17) is 20.4 Å². The van der Waals surface area contributed by atoms with Crippen molar-refractivity contribution in [1.29, 1.82) is 0 Å². The molecule has 0 bridgehead atoms. The molecule has 36 heavy (non-hydrogen) atoms. The summed E-state index contributed by atoms with van der Waals surface area (Å²) >= 11 is 0. The number of pyridine rings is 2. The Labute approximate surface area is 213 Å². The zero-order valence-corrected chi connectivity index (χ0v) is 21.7. The maximum Gasteiger partial charge on any atom is 0.239 e. The first-order chi connectivity index (χ1) is 17.4. The number of amides is 1. The molecule has 2 aromatic heterocycles. The van der Waals surface area contributed by atoms with Gasteiger partial charge in [-0.15, -0.1) is 0 Å². The number of piperazine rings is 1. The number of aromatic nitrogens is 2. The molecule has 9 heteroatoms. The van der Waals surface area contributed by atoms with Gasteiger partial charge in [0.2, 0.25) is 5.91 Å². The van der Waals surface area contributed by atoms with Crippen molar-refractivity contribution in [3.05, 3.63) is 42.6 Å². The van der Waals surface area contributed by atoms with Crippen LogP contribution in [0.5, 0.6) is 5.75 Å². The number of nitrogens with one attached hydrogen (secondary N) is 1. The van der Waals surface area contributed by atoms with Crippen molar-refractivity contribution in [3.8, 4) is 17.0 Å². The average molecular weight is 492 g/mol. The minimum Gasteiger partial charge on any atom is -0.497 e. The summed E-state index contributed by atoms with van der Waals surface area (Å²) in [7, 11) is 5.84. The highest BCUT2D eigenvalue weighted by molar-refractivity contribution is 5.94. The highest BCUT2D eigenvalue weighted by Crippen LogP contribution is 2.31. The summed E-state index contributed by atoms with van der Waals surface area (Å²) in [5.74, 6) is 1.68. The molecule has 9 nitrogen and oxygen atoms in total. The predicted octanol–water partition coefficient (Wildman–Crippen LogP) is 2.66. The van der Waals surface area contributed by atoms with Crippen LogP contribution >= 0.6 is 0 Å². The first-order valence-corrected chi connectivity index (χ1v) is 12.5. The number of methoxy groups -OCH3 is 1. The molecule has 3 heterocycles. The van der Waals surface area contributed by atoms with Crippen molar-refractivity contribution in [1.82, 2.24) is 19.8 Å². The smallest absolute Gasteiger partial charge is 0.239 e. The molecule has 1 fully saturated rings. The van der Waals surface area contributed by atoms with Gasteiger partial charge in [-0.1, -0.05) is 0 Å². The number of benzene rings is 1. The standard InChI is InChI=1S/C27H37N7O2/c1-19(28)27(35)34-14-12-33(13-15-34)26-9-6-20(18-30-26)23-17-24(29-10-5-11-32(2)3)22-8-7-21(36-4)16-25(22)31-23/h6-9,16-19H,5,10-15,28H2,1-4H3,(H,29,31). The number of fused-ring (bicyclic) bond motifs is 1. The molecule has 1 amide bonds. The van der Waals surface area contributed by atoms with Gasteiger partial charge in [-0.25, -0.2) is 9.97 Å². The average Bonchev–Trinajstić information content (AvgIpc) is 2.90. The van der Waals surface area contributed by atoms with E-state index in [2.05, 4.69) is 47.4 Å². The third-order valence-corrected chi connectivity index (χ3v) is 6.46. The first kappa shape index (κ1) is 25.7. The van der Waals surface area contributed by atoms with Gasteiger partial charge in [-0.2, -0.15) is 0 Å². The molecule has 1 aromatic carbocycles. The van der Waals surface area contributed by atoms with Gasteiger partial charge in [0.25, 0.3) is 0 Å². The number of carbonyl (C=O) groups is 1. The third kappa shape index (κ3) is 6.03. The minimum atomic E-state index is -0.462. The molecule has 192 valence electrons. The van der Waals surface area contributed by atoms with Gasteiger partial charge in [-0.05, 0) is 64.3 Å². The second-order valence-corrected chi connectivity index (χ2v) is 9.53. The van der Waals surface area contributed by atoms with E-state index in [1.54, 1.807) is 14.0 Å². The highest BCUT2D eigenvalue weighted by Gasteiger charge is 2.23. The molecule has 1 aliphatic heterocycles. The molecule has 0 spiro atoms. The van der Waals surface area contributed by atoms with Crippen molar-refractivity contribution in [2.45, 2.75) is 19.4 Å². The molecule has 1 saturated heterocycles. The largest absolute Gasteiger partial charge is 0.497 e. The van der Waals surface area contributed by atoms with Gasteiger partial charge in [0.1, 0.15) is 11.6 Å². The van der Waals surface area contributed by atoms with Crippen LogP contribution in [-0.4, -0.2) is 92.2 Å². The number of nitrogens with two attached hydrogens (primary N) is 1.